The second-order valence-electron chi connectivity index (χ2n) is 10.3. The van der Waals surface area contributed by atoms with E-state index in [-0.39, 0.29) is 47.4 Å². The smallest absolute Gasteiger partial charge is 0.334 e. The monoisotopic (exact) mass is 758 g/mol. The lowest BCUT2D eigenvalue weighted by atomic mass is 9.76. The molecule has 5 nitrogen and oxygen atoms in total. The highest BCUT2D eigenvalue weighted by Crippen LogP contribution is 2.56. The molecule has 230 valence electrons. The van der Waals surface area contributed by atoms with Gasteiger partial charge >= 0.3 is 18.0 Å². The minimum Gasteiger partial charge on any atom is -0.334 e. The first-order chi connectivity index (χ1) is 20.0. The highest BCUT2D eigenvalue weighted by molar-refractivity contribution is 14.1. The molecular formula is C28H22F7IN2O3S2. The third-order valence-corrected chi connectivity index (χ3v) is 12.0. The summed E-state index contributed by atoms with van der Waals surface area (Å²) in [4.78, 5) is 15.6. The molecule has 0 saturated carbocycles. The van der Waals surface area contributed by atoms with E-state index in [0.717, 1.165) is 21.6 Å². The van der Waals surface area contributed by atoms with Crippen molar-refractivity contribution in [2.24, 2.45) is 5.14 Å². The van der Waals surface area contributed by atoms with Crippen LogP contribution in [0.4, 0.5) is 30.7 Å². The van der Waals surface area contributed by atoms with Gasteiger partial charge in [0.2, 0.25) is 0 Å². The zero-order valence-electron chi connectivity index (χ0n) is 21.8. The van der Waals surface area contributed by atoms with E-state index in [1.165, 1.54) is 29.2 Å². The molecule has 2 aliphatic rings. The van der Waals surface area contributed by atoms with Crippen LogP contribution in [0, 0.1) is 3.57 Å². The number of nitrogens with two attached hydrogens (primary N) is 1. The molecule has 1 aliphatic heterocycles. The number of alkyl halides is 7. The van der Waals surface area contributed by atoms with Crippen molar-refractivity contribution in [3.8, 4) is 0 Å². The molecule has 0 radical (unpaired) electrons. The first-order valence-electron chi connectivity index (χ1n) is 12.7. The summed E-state index contributed by atoms with van der Waals surface area (Å²) >= 11 is 2.95. The normalized spacial score (nSPS) is 21.0. The minimum absolute atomic E-state index is 0.0528. The van der Waals surface area contributed by atoms with Crippen molar-refractivity contribution in [2.75, 3.05) is 6.54 Å². The van der Waals surface area contributed by atoms with Gasteiger partial charge in [-0.05, 0) is 113 Å². The van der Waals surface area contributed by atoms with Crippen molar-refractivity contribution in [3.05, 3.63) is 92.6 Å². The molecule has 0 unspecified atom stereocenters. The van der Waals surface area contributed by atoms with E-state index in [2.05, 4.69) is 0 Å². The molecule has 1 saturated heterocycles. The topological polar surface area (TPSA) is 80.5 Å². The first kappa shape index (κ1) is 32.0. The number of fused-ring (bicyclic) bond motifs is 3. The van der Waals surface area contributed by atoms with Crippen LogP contribution in [-0.4, -0.2) is 44.2 Å². The van der Waals surface area contributed by atoms with Crippen molar-refractivity contribution in [2.45, 2.75) is 57.9 Å². The summed E-state index contributed by atoms with van der Waals surface area (Å²) in [5.41, 5.74) is -7.31. The van der Waals surface area contributed by atoms with Gasteiger partial charge in [-0.3, -0.25) is 9.93 Å². The van der Waals surface area contributed by atoms with Gasteiger partial charge in [-0.2, -0.15) is 26.3 Å². The number of carbonyl (C=O) groups is 1. The number of halogens is 8. The maximum absolute atomic E-state index is 15.0. The van der Waals surface area contributed by atoms with E-state index in [1.54, 1.807) is 24.3 Å². The Kier molecular flexibility index (Phi) is 8.13. The Hall–Kier alpha value is -2.37. The van der Waals surface area contributed by atoms with Crippen LogP contribution in [0.15, 0.2) is 76.5 Å². The number of carbonyl (C=O) groups excluding carboxylic acids is 1. The first-order valence-corrected chi connectivity index (χ1v) is 16.2. The number of hydrogen-bond donors (Lipinski definition) is 1. The third kappa shape index (κ3) is 4.94. The molecule has 2 N–H and O–H groups in total. The van der Waals surface area contributed by atoms with Gasteiger partial charge in [-0.25, -0.2) is 12.8 Å². The van der Waals surface area contributed by atoms with E-state index >= 15 is 0 Å². The van der Waals surface area contributed by atoms with Crippen LogP contribution in [0.1, 0.15) is 39.9 Å². The Bertz CT molecular complexity index is 1650. The number of likely N-dealkylation sites (tertiary alicyclic amines) is 1. The highest BCUT2D eigenvalue weighted by Gasteiger charge is 2.73. The summed E-state index contributed by atoms with van der Waals surface area (Å²) < 4.78 is 124. The summed E-state index contributed by atoms with van der Waals surface area (Å²) in [7, 11) is -4.41. The van der Waals surface area contributed by atoms with Crippen LogP contribution < -0.4 is 5.14 Å². The van der Waals surface area contributed by atoms with E-state index in [4.69, 9.17) is 5.14 Å². The highest BCUT2D eigenvalue weighted by atomic mass is 127. The summed E-state index contributed by atoms with van der Waals surface area (Å²) in [6, 6.07) is 12.8. The van der Waals surface area contributed by atoms with Gasteiger partial charge in [-0.1, -0.05) is 18.2 Å². The van der Waals surface area contributed by atoms with Gasteiger partial charge in [0.15, 0.2) is 9.84 Å². The van der Waals surface area contributed by atoms with Crippen LogP contribution in [0.5, 0.6) is 0 Å². The molecule has 1 heterocycles. The predicted molar refractivity (Wildman–Crippen MR) is 154 cm³/mol. The SMILES string of the molecule is NSc1ccc(C(=O)N2CC[C@@]3(S(=O)(=O)c4ccc(I)cc4)c4ccc(C(F)(C(F)(F)F)C(F)(F)F)cc4CC[C@@H]23)cc1. The zero-order valence-corrected chi connectivity index (χ0v) is 25.6. The number of sulfone groups is 1. The van der Waals surface area contributed by atoms with E-state index in [0.29, 0.717) is 17.0 Å². The Morgan fingerprint density at radius 1 is 0.930 bits per heavy atom. The van der Waals surface area contributed by atoms with Crippen molar-refractivity contribution in [3.63, 3.8) is 0 Å². The van der Waals surface area contributed by atoms with Crippen LogP contribution in [-0.2, 0) is 26.7 Å². The number of aryl methyl sites for hydroxylation is 1. The molecule has 1 amide bonds. The lowest BCUT2D eigenvalue weighted by molar-refractivity contribution is -0.348. The van der Waals surface area contributed by atoms with Crippen LogP contribution >= 0.6 is 34.5 Å². The van der Waals surface area contributed by atoms with Crippen LogP contribution in [0.3, 0.4) is 0 Å². The maximum atomic E-state index is 15.0. The fourth-order valence-electron chi connectivity index (χ4n) is 6.14. The van der Waals surface area contributed by atoms with E-state index in [9.17, 15) is 43.9 Å². The molecule has 1 aliphatic carbocycles. The summed E-state index contributed by atoms with van der Waals surface area (Å²) in [6.07, 6.45) is -13.1. The molecule has 0 aromatic heterocycles. The molecule has 3 aromatic carbocycles. The number of amides is 1. The fraction of sp³-hybridized carbons (Fsp3) is 0.321. The largest absolute Gasteiger partial charge is 0.435 e. The fourth-order valence-corrected chi connectivity index (χ4v) is 9.16. The van der Waals surface area contributed by atoms with Gasteiger partial charge in [0.05, 0.1) is 10.9 Å². The summed E-state index contributed by atoms with van der Waals surface area (Å²) in [5.74, 6) is -0.491. The standard InChI is InChI=1S/C28H22F7IN2O3S2/c29-26(27(30,31)32,28(33,34)35)18-4-11-22-17(15-18)3-12-23-25(22,43(40,41)21-9-5-19(36)6-10-21)13-14-38(23)24(39)16-1-7-20(42-37)8-2-16/h1-2,4-11,15,23H,3,12-14,37H2/t23-,25-/m1/s1. The van der Waals surface area contributed by atoms with Crippen LogP contribution in [0.25, 0.3) is 0 Å². The maximum Gasteiger partial charge on any atom is 0.435 e. The lowest BCUT2D eigenvalue weighted by Crippen LogP contribution is -2.53. The number of rotatable bonds is 5. The molecular weight excluding hydrogens is 736 g/mol. The Morgan fingerprint density at radius 3 is 2.09 bits per heavy atom. The number of benzene rings is 3. The molecule has 2 atom stereocenters. The second kappa shape index (κ2) is 10.9. The third-order valence-electron chi connectivity index (χ3n) is 8.17. The van der Waals surface area contributed by atoms with Gasteiger partial charge in [0.1, 0.15) is 4.75 Å². The van der Waals surface area contributed by atoms with E-state index in [1.807, 2.05) is 22.6 Å². The second-order valence-corrected chi connectivity index (χ2v) is 14.5. The minimum atomic E-state index is -6.32. The van der Waals surface area contributed by atoms with Crippen LogP contribution in [0.2, 0.25) is 0 Å². The number of hydrogen-bond acceptors (Lipinski definition) is 5. The van der Waals surface area contributed by atoms with Crippen molar-refractivity contribution < 1.29 is 43.9 Å². The molecule has 0 spiro atoms. The Morgan fingerprint density at radius 2 is 1.53 bits per heavy atom. The van der Waals surface area contributed by atoms with Gasteiger partial charge < -0.3 is 4.90 Å². The van der Waals surface area contributed by atoms with Gasteiger partial charge in [0.25, 0.3) is 5.91 Å². The zero-order chi connectivity index (χ0) is 31.6. The molecule has 0 bridgehead atoms. The van der Waals surface area contributed by atoms with Crippen molar-refractivity contribution in [1.82, 2.24) is 4.90 Å². The average Bonchev–Trinajstić information content (AvgIpc) is 3.37. The van der Waals surface area contributed by atoms with E-state index < -0.39 is 50.1 Å². The Labute approximate surface area is 260 Å². The summed E-state index contributed by atoms with van der Waals surface area (Å²) in [6.45, 7) is -0.0557. The molecule has 43 heavy (non-hydrogen) atoms. The molecule has 3 aromatic rings. The van der Waals surface area contributed by atoms with Gasteiger partial charge in [0, 0.05) is 26.1 Å². The van der Waals surface area contributed by atoms with Crippen molar-refractivity contribution >= 4 is 50.3 Å². The van der Waals surface area contributed by atoms with Crippen molar-refractivity contribution in [1.29, 1.82) is 0 Å². The number of nitrogens with zero attached hydrogens (tertiary/aromatic N) is 1. The lowest BCUT2D eigenvalue weighted by Gasteiger charge is -2.43. The quantitative estimate of drug-likeness (QED) is 0.171. The van der Waals surface area contributed by atoms with Gasteiger partial charge in [-0.15, -0.1) is 0 Å². The molecule has 1 fully saturated rings. The Balaban J connectivity index is 1.69. The molecule has 5 rings (SSSR count). The predicted octanol–water partition coefficient (Wildman–Crippen LogP) is 7.08. The molecule has 15 heteroatoms. The summed E-state index contributed by atoms with van der Waals surface area (Å²) in [5, 5.41) is 5.55. The average molecular weight is 759 g/mol.